The normalized spacial score (nSPS) is 18.0. The smallest absolute Gasteiger partial charge is 0.227 e. The maximum Gasteiger partial charge on any atom is 0.227 e. The van der Waals surface area contributed by atoms with Crippen molar-refractivity contribution in [3.8, 4) is 10.4 Å². The summed E-state index contributed by atoms with van der Waals surface area (Å²) in [6, 6.07) is 12.8. The monoisotopic (exact) mass is 406 g/mol. The Morgan fingerprint density at radius 1 is 1.24 bits per heavy atom. The van der Waals surface area contributed by atoms with E-state index in [1.807, 2.05) is 17.2 Å². The van der Waals surface area contributed by atoms with E-state index >= 15 is 0 Å². The molecule has 1 aliphatic heterocycles. The Kier molecular flexibility index (Phi) is 6.22. The minimum absolute atomic E-state index is 0.0694. The first-order valence-electron chi connectivity index (χ1n) is 9.96. The highest BCUT2D eigenvalue weighted by Gasteiger charge is 2.30. The number of amides is 1. The third-order valence-corrected chi connectivity index (χ3v) is 6.26. The lowest BCUT2D eigenvalue weighted by Gasteiger charge is -2.23. The molecular formula is C23H26N4OS. The van der Waals surface area contributed by atoms with E-state index in [0.29, 0.717) is 6.54 Å². The molecule has 5 nitrogen and oxygen atoms in total. The van der Waals surface area contributed by atoms with Crippen LogP contribution >= 0.6 is 11.3 Å². The Balaban J connectivity index is 1.50. The highest BCUT2D eigenvalue weighted by atomic mass is 32.1. The number of rotatable bonds is 7. The Morgan fingerprint density at radius 2 is 2.10 bits per heavy atom. The fourth-order valence-corrected chi connectivity index (χ4v) is 4.61. The number of carbonyl (C=O) groups is 1. The molecule has 0 bridgehead atoms. The van der Waals surface area contributed by atoms with Crippen LogP contribution in [0.4, 0.5) is 0 Å². The second kappa shape index (κ2) is 9.20. The highest BCUT2D eigenvalue weighted by molar-refractivity contribution is 7.13. The van der Waals surface area contributed by atoms with Crippen molar-refractivity contribution in [2.75, 3.05) is 26.2 Å². The average Bonchev–Trinajstić information content (AvgIpc) is 3.42. The second-order valence-electron chi connectivity index (χ2n) is 7.42. The van der Waals surface area contributed by atoms with Crippen LogP contribution in [-0.4, -0.2) is 51.9 Å². The lowest BCUT2D eigenvalue weighted by molar-refractivity contribution is -0.134. The summed E-state index contributed by atoms with van der Waals surface area (Å²) in [4.78, 5) is 26.2. The molecule has 3 heterocycles. The van der Waals surface area contributed by atoms with E-state index in [1.54, 1.807) is 17.5 Å². The summed E-state index contributed by atoms with van der Waals surface area (Å²) >= 11 is 1.74. The second-order valence-corrected chi connectivity index (χ2v) is 8.37. The molecule has 3 aromatic rings. The van der Waals surface area contributed by atoms with Gasteiger partial charge in [-0.05, 0) is 29.0 Å². The van der Waals surface area contributed by atoms with Crippen molar-refractivity contribution in [3.63, 3.8) is 0 Å². The Hall–Kier alpha value is -2.70. The number of imidazole rings is 1. The maximum absolute atomic E-state index is 13.2. The molecular weight excluding hydrogens is 380 g/mol. The van der Waals surface area contributed by atoms with Gasteiger partial charge < -0.3 is 9.88 Å². The molecule has 0 unspecified atom stereocenters. The summed E-state index contributed by atoms with van der Waals surface area (Å²) in [5.41, 5.74) is 2.42. The van der Waals surface area contributed by atoms with Gasteiger partial charge in [0.05, 0.1) is 12.5 Å². The molecule has 1 amide bonds. The summed E-state index contributed by atoms with van der Waals surface area (Å²) in [7, 11) is 0. The number of hydrogen-bond donors (Lipinski definition) is 1. The third-order valence-electron chi connectivity index (χ3n) is 5.35. The number of benzene rings is 1. The molecule has 1 aromatic carbocycles. The standard InChI is InChI=1S/C23H26N4OS/c1-2-11-27-13-12-26(17-22-24-9-10-25-22)16-20(23(27)28)15-18-5-7-19(8-6-18)21-4-3-14-29-21/h2-10,14,20H,1,11-13,15-17H2,(H,24,25)/t20-/m1/s1. The first-order valence-corrected chi connectivity index (χ1v) is 10.8. The van der Waals surface area contributed by atoms with Crippen LogP contribution in [0.1, 0.15) is 11.4 Å². The molecule has 1 N–H and O–H groups in total. The van der Waals surface area contributed by atoms with Crippen molar-refractivity contribution in [1.29, 1.82) is 0 Å². The number of aromatic nitrogens is 2. The zero-order chi connectivity index (χ0) is 20.1. The number of carbonyl (C=O) groups excluding carboxylic acids is 1. The van der Waals surface area contributed by atoms with Gasteiger partial charge in [0.25, 0.3) is 0 Å². The lowest BCUT2D eigenvalue weighted by atomic mass is 9.96. The first-order chi connectivity index (χ1) is 14.2. The van der Waals surface area contributed by atoms with Gasteiger partial charge in [0.2, 0.25) is 5.91 Å². The van der Waals surface area contributed by atoms with Gasteiger partial charge in [-0.1, -0.05) is 36.4 Å². The number of hydrogen-bond acceptors (Lipinski definition) is 4. The summed E-state index contributed by atoms with van der Waals surface area (Å²) in [6.45, 7) is 7.45. The van der Waals surface area contributed by atoms with Crippen molar-refractivity contribution in [1.82, 2.24) is 19.8 Å². The predicted octanol–water partition coefficient (Wildman–Crippen LogP) is 3.83. The maximum atomic E-state index is 13.2. The quantitative estimate of drug-likeness (QED) is 0.607. The van der Waals surface area contributed by atoms with Crippen molar-refractivity contribution in [2.24, 2.45) is 5.92 Å². The molecule has 29 heavy (non-hydrogen) atoms. The zero-order valence-electron chi connectivity index (χ0n) is 16.5. The molecule has 0 radical (unpaired) electrons. The van der Waals surface area contributed by atoms with E-state index < -0.39 is 0 Å². The van der Waals surface area contributed by atoms with E-state index in [0.717, 1.165) is 38.4 Å². The Morgan fingerprint density at radius 3 is 2.79 bits per heavy atom. The van der Waals surface area contributed by atoms with Gasteiger partial charge in [0.15, 0.2) is 0 Å². The Labute approximate surface area is 175 Å². The molecule has 0 spiro atoms. The van der Waals surface area contributed by atoms with E-state index in [4.69, 9.17) is 0 Å². The summed E-state index contributed by atoms with van der Waals surface area (Å²) < 4.78 is 0. The molecule has 6 heteroatoms. The molecule has 1 atom stereocenters. The number of H-pyrrole nitrogens is 1. The zero-order valence-corrected chi connectivity index (χ0v) is 17.3. The van der Waals surface area contributed by atoms with Crippen LogP contribution in [0.15, 0.2) is 66.8 Å². The predicted molar refractivity (Wildman–Crippen MR) is 118 cm³/mol. The van der Waals surface area contributed by atoms with Gasteiger partial charge in [-0.3, -0.25) is 9.69 Å². The van der Waals surface area contributed by atoms with Crippen molar-refractivity contribution < 1.29 is 4.79 Å². The van der Waals surface area contributed by atoms with Gasteiger partial charge in [-0.25, -0.2) is 4.98 Å². The van der Waals surface area contributed by atoms with Crippen LogP contribution in [0, 0.1) is 5.92 Å². The summed E-state index contributed by atoms with van der Waals surface area (Å²) in [5.74, 6) is 1.09. The van der Waals surface area contributed by atoms with Gasteiger partial charge in [0, 0.05) is 43.4 Å². The molecule has 1 aliphatic rings. The largest absolute Gasteiger partial charge is 0.348 e. The van der Waals surface area contributed by atoms with E-state index in [1.165, 1.54) is 16.0 Å². The fourth-order valence-electron chi connectivity index (χ4n) is 3.87. The first kappa shape index (κ1) is 19.6. The molecule has 1 saturated heterocycles. The molecule has 0 saturated carbocycles. The number of aromatic amines is 1. The molecule has 2 aromatic heterocycles. The molecule has 150 valence electrons. The number of nitrogens with one attached hydrogen (secondary N) is 1. The minimum Gasteiger partial charge on any atom is -0.348 e. The van der Waals surface area contributed by atoms with Gasteiger partial charge >= 0.3 is 0 Å². The van der Waals surface area contributed by atoms with Crippen LogP contribution in [0.5, 0.6) is 0 Å². The van der Waals surface area contributed by atoms with Crippen molar-refractivity contribution in [3.05, 3.63) is 78.2 Å². The SMILES string of the molecule is C=CCN1CCN(Cc2ncc[nH]2)C[C@@H](Cc2ccc(-c3cccs3)cc2)C1=O. The van der Waals surface area contributed by atoms with Crippen molar-refractivity contribution >= 4 is 17.2 Å². The summed E-state index contributed by atoms with van der Waals surface area (Å²) in [5, 5.41) is 2.09. The summed E-state index contributed by atoms with van der Waals surface area (Å²) in [6.07, 6.45) is 6.17. The van der Waals surface area contributed by atoms with Crippen LogP contribution in [-0.2, 0) is 17.8 Å². The van der Waals surface area contributed by atoms with E-state index in [9.17, 15) is 4.79 Å². The van der Waals surface area contributed by atoms with Crippen molar-refractivity contribution in [2.45, 2.75) is 13.0 Å². The molecule has 0 aliphatic carbocycles. The van der Waals surface area contributed by atoms with E-state index in [-0.39, 0.29) is 11.8 Å². The van der Waals surface area contributed by atoms with E-state index in [2.05, 4.69) is 63.2 Å². The molecule has 1 fully saturated rings. The van der Waals surface area contributed by atoms with Crippen LogP contribution in [0.3, 0.4) is 0 Å². The number of thiophene rings is 1. The van der Waals surface area contributed by atoms with Gasteiger partial charge in [-0.2, -0.15) is 0 Å². The topological polar surface area (TPSA) is 52.2 Å². The van der Waals surface area contributed by atoms with Crippen LogP contribution < -0.4 is 0 Å². The minimum atomic E-state index is -0.0694. The molecule has 4 rings (SSSR count). The lowest BCUT2D eigenvalue weighted by Crippen LogP contribution is -2.37. The van der Waals surface area contributed by atoms with Crippen LogP contribution in [0.25, 0.3) is 10.4 Å². The van der Waals surface area contributed by atoms with Gasteiger partial charge in [0.1, 0.15) is 5.82 Å². The third kappa shape index (κ3) is 4.83. The number of nitrogens with zero attached hydrogens (tertiary/aromatic N) is 3. The average molecular weight is 407 g/mol. The van der Waals surface area contributed by atoms with Crippen LogP contribution in [0.2, 0.25) is 0 Å². The van der Waals surface area contributed by atoms with Gasteiger partial charge in [-0.15, -0.1) is 17.9 Å². The highest BCUT2D eigenvalue weighted by Crippen LogP contribution is 2.26. The fraction of sp³-hybridized carbons (Fsp3) is 0.304. The Bertz CT molecular complexity index is 918.